The molecule has 102 valence electrons. The van der Waals surface area contributed by atoms with Crippen molar-refractivity contribution in [3.63, 3.8) is 0 Å². The van der Waals surface area contributed by atoms with Crippen LogP contribution in [0.25, 0.3) is 0 Å². The fourth-order valence-electron chi connectivity index (χ4n) is 1.96. The van der Waals surface area contributed by atoms with Crippen molar-refractivity contribution in [3.8, 4) is 0 Å². The first-order chi connectivity index (χ1) is 9.08. The normalized spacial score (nSPS) is 22.3. The number of ether oxygens (including phenoxy) is 1. The summed E-state index contributed by atoms with van der Waals surface area (Å²) in [7, 11) is 0. The molecule has 1 saturated heterocycles. The van der Waals surface area contributed by atoms with Gasteiger partial charge >= 0.3 is 12.1 Å². The summed E-state index contributed by atoms with van der Waals surface area (Å²) in [6, 6.07) is 9.08. The van der Waals surface area contributed by atoms with Crippen molar-refractivity contribution >= 4 is 12.1 Å². The number of hydrogen-bond acceptors (Lipinski definition) is 3. The number of aliphatic carboxylic acids is 1. The fourth-order valence-corrected chi connectivity index (χ4v) is 1.96. The summed E-state index contributed by atoms with van der Waals surface area (Å²) in [5, 5.41) is 8.77. The van der Waals surface area contributed by atoms with Crippen molar-refractivity contribution in [2.45, 2.75) is 12.8 Å². The molecule has 1 N–H and O–H groups in total. The van der Waals surface area contributed by atoms with Gasteiger partial charge in [0.2, 0.25) is 0 Å². The lowest BCUT2D eigenvalue weighted by molar-refractivity contribution is -0.142. The number of halogens is 1. The highest BCUT2D eigenvalue weighted by molar-refractivity contribution is 5.75. The van der Waals surface area contributed by atoms with Gasteiger partial charge in [-0.15, -0.1) is 0 Å². The number of amides is 1. The first-order valence-corrected chi connectivity index (χ1v) is 5.90. The number of rotatable bonds is 3. The average Bonchev–Trinajstić information content (AvgIpc) is 2.79. The summed E-state index contributed by atoms with van der Waals surface area (Å²) in [4.78, 5) is 23.5. The Morgan fingerprint density at radius 1 is 1.32 bits per heavy atom. The van der Waals surface area contributed by atoms with Crippen LogP contribution in [-0.2, 0) is 16.1 Å². The van der Waals surface area contributed by atoms with Crippen LogP contribution in [0, 0.1) is 5.92 Å². The Bertz CT molecular complexity index is 465. The largest absolute Gasteiger partial charge is 0.481 e. The van der Waals surface area contributed by atoms with Crippen LogP contribution in [0.5, 0.6) is 0 Å². The summed E-state index contributed by atoms with van der Waals surface area (Å²) >= 11 is 0. The third kappa shape index (κ3) is 3.21. The minimum atomic E-state index is -1.54. The monoisotopic (exact) mass is 267 g/mol. The van der Waals surface area contributed by atoms with Crippen molar-refractivity contribution in [1.82, 2.24) is 4.90 Å². The molecule has 0 radical (unpaired) electrons. The Labute approximate surface area is 109 Å². The van der Waals surface area contributed by atoms with E-state index in [2.05, 4.69) is 0 Å². The molecule has 0 unspecified atom stereocenters. The van der Waals surface area contributed by atoms with E-state index in [1.165, 1.54) is 0 Å². The van der Waals surface area contributed by atoms with Crippen molar-refractivity contribution in [1.29, 1.82) is 0 Å². The van der Waals surface area contributed by atoms with E-state index < -0.39 is 24.2 Å². The maximum atomic E-state index is 13.4. The van der Waals surface area contributed by atoms with Crippen molar-refractivity contribution in [3.05, 3.63) is 35.9 Å². The molecule has 1 heterocycles. The number of alkyl halides is 1. The molecule has 2 rings (SSSR count). The molecule has 1 aromatic carbocycles. The molecular weight excluding hydrogens is 253 g/mol. The molecule has 5 nitrogen and oxygen atoms in total. The first-order valence-electron chi connectivity index (χ1n) is 5.90. The van der Waals surface area contributed by atoms with E-state index in [-0.39, 0.29) is 19.7 Å². The fraction of sp³-hybridized carbons (Fsp3) is 0.385. The van der Waals surface area contributed by atoms with E-state index in [0.717, 1.165) is 10.5 Å². The van der Waals surface area contributed by atoms with Crippen LogP contribution >= 0.6 is 0 Å². The van der Waals surface area contributed by atoms with E-state index in [9.17, 15) is 14.0 Å². The van der Waals surface area contributed by atoms with Gasteiger partial charge < -0.3 is 14.7 Å². The molecule has 1 aliphatic rings. The Balaban J connectivity index is 1.86. The SMILES string of the molecule is O=C(O)[C@H]1CN(C(=O)OCc2ccccc2)C[C@H]1F. The van der Waals surface area contributed by atoms with Gasteiger partial charge in [0.25, 0.3) is 0 Å². The second-order valence-electron chi connectivity index (χ2n) is 4.41. The van der Waals surface area contributed by atoms with Gasteiger partial charge in [0, 0.05) is 6.54 Å². The van der Waals surface area contributed by atoms with Gasteiger partial charge in [0.05, 0.1) is 6.54 Å². The molecule has 6 heteroatoms. The van der Waals surface area contributed by atoms with E-state index in [0.29, 0.717) is 0 Å². The number of carboxylic acid groups (broad SMARTS) is 1. The molecule has 0 aliphatic carbocycles. The number of likely N-dealkylation sites (tertiary alicyclic amines) is 1. The number of carboxylic acids is 1. The Kier molecular flexibility index (Phi) is 3.99. The summed E-state index contributed by atoms with van der Waals surface area (Å²) in [5.74, 6) is -2.39. The Morgan fingerprint density at radius 2 is 2.00 bits per heavy atom. The zero-order chi connectivity index (χ0) is 13.8. The van der Waals surface area contributed by atoms with Crippen LogP contribution in [-0.4, -0.2) is 41.3 Å². The second kappa shape index (κ2) is 5.69. The molecular formula is C13H14FNO4. The summed E-state index contributed by atoms with van der Waals surface area (Å²) in [5.41, 5.74) is 0.821. The smallest absolute Gasteiger partial charge is 0.410 e. The molecule has 0 spiro atoms. The number of carbonyl (C=O) groups excluding carboxylic acids is 1. The van der Waals surface area contributed by atoms with Gasteiger partial charge in [-0.2, -0.15) is 0 Å². The van der Waals surface area contributed by atoms with Crippen molar-refractivity contribution < 1.29 is 23.8 Å². The third-order valence-corrected chi connectivity index (χ3v) is 3.03. The van der Waals surface area contributed by atoms with E-state index in [1.54, 1.807) is 12.1 Å². The quantitative estimate of drug-likeness (QED) is 0.904. The Morgan fingerprint density at radius 3 is 2.58 bits per heavy atom. The highest BCUT2D eigenvalue weighted by Crippen LogP contribution is 2.21. The lowest BCUT2D eigenvalue weighted by atomic mass is 10.1. The lowest BCUT2D eigenvalue weighted by Crippen LogP contribution is -2.30. The average molecular weight is 267 g/mol. The number of nitrogens with zero attached hydrogens (tertiary/aromatic N) is 1. The van der Waals surface area contributed by atoms with E-state index in [4.69, 9.17) is 9.84 Å². The topological polar surface area (TPSA) is 66.8 Å². The molecule has 1 fully saturated rings. The molecule has 0 bridgehead atoms. The summed E-state index contributed by atoms with van der Waals surface area (Å²) < 4.78 is 18.4. The third-order valence-electron chi connectivity index (χ3n) is 3.03. The van der Waals surface area contributed by atoms with Gasteiger partial charge in [-0.1, -0.05) is 30.3 Å². The number of carbonyl (C=O) groups is 2. The second-order valence-corrected chi connectivity index (χ2v) is 4.41. The molecule has 0 aromatic heterocycles. The lowest BCUT2D eigenvalue weighted by Gasteiger charge is -2.15. The van der Waals surface area contributed by atoms with Gasteiger partial charge in [-0.3, -0.25) is 4.79 Å². The maximum absolute atomic E-state index is 13.4. The highest BCUT2D eigenvalue weighted by Gasteiger charge is 2.40. The molecule has 1 aromatic rings. The zero-order valence-electron chi connectivity index (χ0n) is 10.2. The van der Waals surface area contributed by atoms with Crippen LogP contribution in [0.1, 0.15) is 5.56 Å². The molecule has 19 heavy (non-hydrogen) atoms. The minimum absolute atomic E-state index is 0.0882. The van der Waals surface area contributed by atoms with Crippen LogP contribution in [0.2, 0.25) is 0 Å². The van der Waals surface area contributed by atoms with Gasteiger partial charge in [0.15, 0.2) is 0 Å². The number of hydrogen-bond donors (Lipinski definition) is 1. The predicted octanol–water partition coefficient (Wildman–Crippen LogP) is 1.68. The molecule has 0 saturated carbocycles. The standard InChI is InChI=1S/C13H14FNO4/c14-11-7-15(6-10(11)12(16)17)13(18)19-8-9-4-2-1-3-5-9/h1-5,10-11H,6-8H2,(H,16,17)/t10-,11+/m0/s1. The minimum Gasteiger partial charge on any atom is -0.481 e. The van der Waals surface area contributed by atoms with Crippen molar-refractivity contribution in [2.24, 2.45) is 5.92 Å². The van der Waals surface area contributed by atoms with Gasteiger partial charge in [-0.25, -0.2) is 9.18 Å². The summed E-state index contributed by atoms with van der Waals surface area (Å²) in [6.07, 6.45) is -2.22. The zero-order valence-corrected chi connectivity index (χ0v) is 10.2. The maximum Gasteiger partial charge on any atom is 0.410 e. The highest BCUT2D eigenvalue weighted by atomic mass is 19.1. The summed E-state index contributed by atoms with van der Waals surface area (Å²) in [6.45, 7) is -0.292. The predicted molar refractivity (Wildman–Crippen MR) is 64.2 cm³/mol. The van der Waals surface area contributed by atoms with Crippen LogP contribution < -0.4 is 0 Å². The van der Waals surface area contributed by atoms with E-state index in [1.807, 2.05) is 18.2 Å². The van der Waals surface area contributed by atoms with Crippen LogP contribution in [0.4, 0.5) is 9.18 Å². The number of benzene rings is 1. The van der Waals surface area contributed by atoms with Crippen LogP contribution in [0.15, 0.2) is 30.3 Å². The molecule has 1 amide bonds. The van der Waals surface area contributed by atoms with Crippen LogP contribution in [0.3, 0.4) is 0 Å². The Hall–Kier alpha value is -2.11. The van der Waals surface area contributed by atoms with Gasteiger partial charge in [-0.05, 0) is 5.56 Å². The molecule has 1 aliphatic heterocycles. The molecule has 2 atom stereocenters. The van der Waals surface area contributed by atoms with Gasteiger partial charge in [0.1, 0.15) is 18.7 Å². The van der Waals surface area contributed by atoms with E-state index >= 15 is 0 Å². The van der Waals surface area contributed by atoms with Crippen molar-refractivity contribution in [2.75, 3.05) is 13.1 Å². The first kappa shape index (κ1) is 13.3.